The van der Waals surface area contributed by atoms with Gasteiger partial charge in [0, 0.05) is 35.2 Å². The highest BCUT2D eigenvalue weighted by atomic mass is 35.5. The van der Waals surface area contributed by atoms with Gasteiger partial charge < -0.3 is 0 Å². The number of hydrogen-bond acceptors (Lipinski definition) is 4. The van der Waals surface area contributed by atoms with Gasteiger partial charge in [0.1, 0.15) is 4.90 Å². The Bertz CT molecular complexity index is 1220. The van der Waals surface area contributed by atoms with Crippen molar-refractivity contribution in [2.45, 2.75) is 4.90 Å². The SMILES string of the molecule is O=S(=O)(Nc1ccc(Cl)c(-c2nccc3ccccc23)c1)c1cccnc1. The number of fused-ring (bicyclic) bond motifs is 1. The molecular formula is C20H14ClN3O2S. The summed E-state index contributed by atoms with van der Waals surface area (Å²) < 4.78 is 27.7. The predicted molar refractivity (Wildman–Crippen MR) is 107 cm³/mol. The van der Waals surface area contributed by atoms with E-state index in [-0.39, 0.29) is 4.90 Å². The number of halogens is 1. The van der Waals surface area contributed by atoms with Crippen molar-refractivity contribution >= 4 is 38.1 Å². The maximum atomic E-state index is 12.5. The van der Waals surface area contributed by atoms with E-state index >= 15 is 0 Å². The molecule has 4 aromatic rings. The molecule has 7 heteroatoms. The van der Waals surface area contributed by atoms with Crippen LogP contribution in [-0.4, -0.2) is 18.4 Å². The van der Waals surface area contributed by atoms with Crippen molar-refractivity contribution < 1.29 is 8.42 Å². The lowest BCUT2D eigenvalue weighted by Crippen LogP contribution is -2.13. The Balaban J connectivity index is 1.79. The molecule has 27 heavy (non-hydrogen) atoms. The molecule has 0 spiro atoms. The van der Waals surface area contributed by atoms with Crippen LogP contribution in [0, 0.1) is 0 Å². The summed E-state index contributed by atoms with van der Waals surface area (Å²) in [5, 5.41) is 2.46. The van der Waals surface area contributed by atoms with Gasteiger partial charge in [-0.1, -0.05) is 35.9 Å². The van der Waals surface area contributed by atoms with E-state index in [1.54, 1.807) is 30.5 Å². The van der Waals surface area contributed by atoms with Crippen LogP contribution in [0.4, 0.5) is 5.69 Å². The normalized spacial score (nSPS) is 11.4. The van der Waals surface area contributed by atoms with Gasteiger partial charge in [-0.2, -0.15) is 0 Å². The monoisotopic (exact) mass is 395 g/mol. The second-order valence-corrected chi connectivity index (χ2v) is 7.96. The number of hydrogen-bond donors (Lipinski definition) is 1. The van der Waals surface area contributed by atoms with Gasteiger partial charge in [-0.15, -0.1) is 0 Å². The topological polar surface area (TPSA) is 72.0 Å². The van der Waals surface area contributed by atoms with Crippen LogP contribution in [0.5, 0.6) is 0 Å². The Morgan fingerprint density at radius 3 is 2.59 bits per heavy atom. The second kappa shape index (κ2) is 6.98. The van der Waals surface area contributed by atoms with Gasteiger partial charge in [-0.05, 0) is 41.8 Å². The number of anilines is 1. The summed E-state index contributed by atoms with van der Waals surface area (Å²) in [5.41, 5.74) is 1.74. The zero-order valence-corrected chi connectivity index (χ0v) is 15.6. The molecule has 0 amide bonds. The highest BCUT2D eigenvalue weighted by Crippen LogP contribution is 2.34. The zero-order valence-electron chi connectivity index (χ0n) is 14.0. The van der Waals surface area contributed by atoms with Gasteiger partial charge in [-0.25, -0.2) is 8.42 Å². The lowest BCUT2D eigenvalue weighted by Gasteiger charge is -2.12. The molecule has 0 saturated heterocycles. The third kappa shape index (κ3) is 3.49. The van der Waals surface area contributed by atoms with Crippen molar-refractivity contribution in [3.05, 3.63) is 84.3 Å². The van der Waals surface area contributed by atoms with E-state index in [2.05, 4.69) is 14.7 Å². The molecule has 2 heterocycles. The minimum atomic E-state index is -3.74. The Kier molecular flexibility index (Phi) is 4.51. The lowest BCUT2D eigenvalue weighted by molar-refractivity contribution is 0.601. The predicted octanol–water partition coefficient (Wildman–Crippen LogP) is 4.75. The summed E-state index contributed by atoms with van der Waals surface area (Å²) in [5.74, 6) is 0. The van der Waals surface area contributed by atoms with Crippen LogP contribution in [0.25, 0.3) is 22.0 Å². The first-order chi connectivity index (χ1) is 13.0. The Labute approximate surface area is 161 Å². The number of aromatic nitrogens is 2. The smallest absolute Gasteiger partial charge is 0.263 e. The van der Waals surface area contributed by atoms with Crippen LogP contribution < -0.4 is 4.72 Å². The van der Waals surface area contributed by atoms with Crippen molar-refractivity contribution in [1.29, 1.82) is 0 Å². The third-order valence-corrected chi connectivity index (χ3v) is 5.79. The Hall–Kier alpha value is -2.96. The standard InChI is InChI=1S/C20H14ClN3O2S/c21-19-8-7-15(24-27(25,26)16-5-3-10-22-13-16)12-18(19)20-17-6-2-1-4-14(17)9-11-23-20/h1-13,24H. The fourth-order valence-electron chi connectivity index (χ4n) is 2.82. The van der Waals surface area contributed by atoms with Gasteiger partial charge in [0.2, 0.25) is 0 Å². The van der Waals surface area contributed by atoms with E-state index in [9.17, 15) is 8.42 Å². The molecule has 0 aliphatic carbocycles. The minimum Gasteiger partial charge on any atom is -0.280 e. The number of rotatable bonds is 4. The van der Waals surface area contributed by atoms with E-state index in [1.807, 2.05) is 30.3 Å². The molecule has 0 aliphatic rings. The van der Waals surface area contributed by atoms with Crippen LogP contribution in [0.15, 0.2) is 84.1 Å². The van der Waals surface area contributed by atoms with Crippen molar-refractivity contribution in [3.8, 4) is 11.3 Å². The fourth-order valence-corrected chi connectivity index (χ4v) is 4.04. The molecule has 2 aromatic carbocycles. The maximum Gasteiger partial charge on any atom is 0.263 e. The van der Waals surface area contributed by atoms with Gasteiger partial charge in [0.25, 0.3) is 10.0 Å². The van der Waals surface area contributed by atoms with Crippen molar-refractivity contribution in [3.63, 3.8) is 0 Å². The molecule has 0 atom stereocenters. The van der Waals surface area contributed by atoms with Gasteiger partial charge >= 0.3 is 0 Å². The molecule has 1 N–H and O–H groups in total. The number of benzene rings is 2. The number of sulfonamides is 1. The Morgan fingerprint density at radius 2 is 1.78 bits per heavy atom. The van der Waals surface area contributed by atoms with Crippen molar-refractivity contribution in [1.82, 2.24) is 9.97 Å². The van der Waals surface area contributed by atoms with Crippen LogP contribution in [0.2, 0.25) is 5.02 Å². The number of pyridine rings is 2. The van der Waals surface area contributed by atoms with Crippen molar-refractivity contribution in [2.75, 3.05) is 4.72 Å². The highest BCUT2D eigenvalue weighted by molar-refractivity contribution is 7.92. The molecule has 5 nitrogen and oxygen atoms in total. The number of nitrogens with one attached hydrogen (secondary N) is 1. The highest BCUT2D eigenvalue weighted by Gasteiger charge is 2.16. The van der Waals surface area contributed by atoms with E-state index in [4.69, 9.17) is 11.6 Å². The first kappa shape index (κ1) is 17.5. The molecule has 0 aliphatic heterocycles. The molecule has 2 aromatic heterocycles. The summed E-state index contributed by atoms with van der Waals surface area (Å²) in [4.78, 5) is 8.41. The molecule has 4 rings (SSSR count). The van der Waals surface area contributed by atoms with E-state index in [1.165, 1.54) is 18.5 Å². The molecule has 0 bridgehead atoms. The van der Waals surface area contributed by atoms with Gasteiger partial charge in [-0.3, -0.25) is 14.7 Å². The fraction of sp³-hybridized carbons (Fsp3) is 0. The summed E-state index contributed by atoms with van der Waals surface area (Å²) in [7, 11) is -3.74. The van der Waals surface area contributed by atoms with E-state index in [0.717, 1.165) is 10.8 Å². The average Bonchev–Trinajstić information content (AvgIpc) is 2.69. The maximum absolute atomic E-state index is 12.5. The largest absolute Gasteiger partial charge is 0.280 e. The molecule has 134 valence electrons. The average molecular weight is 396 g/mol. The Morgan fingerprint density at radius 1 is 0.926 bits per heavy atom. The number of nitrogens with zero attached hydrogens (tertiary/aromatic N) is 2. The molecular weight excluding hydrogens is 382 g/mol. The van der Waals surface area contributed by atoms with Crippen molar-refractivity contribution in [2.24, 2.45) is 0 Å². The summed E-state index contributed by atoms with van der Waals surface area (Å²) >= 11 is 6.39. The molecule has 0 saturated carbocycles. The quantitative estimate of drug-likeness (QED) is 0.541. The zero-order chi connectivity index (χ0) is 18.9. The summed E-state index contributed by atoms with van der Waals surface area (Å²) in [6, 6.07) is 17.8. The van der Waals surface area contributed by atoms with Gasteiger partial charge in [0.15, 0.2) is 0 Å². The molecule has 0 unspecified atom stereocenters. The van der Waals surface area contributed by atoms with E-state index in [0.29, 0.717) is 22.0 Å². The van der Waals surface area contributed by atoms with Crippen LogP contribution in [0.1, 0.15) is 0 Å². The lowest BCUT2D eigenvalue weighted by atomic mass is 10.0. The van der Waals surface area contributed by atoms with E-state index < -0.39 is 10.0 Å². The second-order valence-electron chi connectivity index (χ2n) is 5.87. The van der Waals surface area contributed by atoms with Crippen LogP contribution in [-0.2, 0) is 10.0 Å². The summed E-state index contributed by atoms with van der Waals surface area (Å²) in [6.45, 7) is 0. The van der Waals surface area contributed by atoms with Crippen LogP contribution in [0.3, 0.4) is 0 Å². The summed E-state index contributed by atoms with van der Waals surface area (Å²) in [6.07, 6.45) is 4.53. The molecule has 0 radical (unpaired) electrons. The molecule has 0 fully saturated rings. The van der Waals surface area contributed by atoms with Gasteiger partial charge in [0.05, 0.1) is 10.7 Å². The third-order valence-electron chi connectivity index (χ3n) is 4.09. The minimum absolute atomic E-state index is 0.0878. The first-order valence-electron chi connectivity index (χ1n) is 8.11. The van der Waals surface area contributed by atoms with Crippen LogP contribution >= 0.6 is 11.6 Å². The first-order valence-corrected chi connectivity index (χ1v) is 9.97.